The minimum Gasteiger partial charge on any atom is -0.508 e. The number of hydrogen-bond acceptors (Lipinski definition) is 12. The zero-order chi connectivity index (χ0) is 47.3. The van der Waals surface area contributed by atoms with Gasteiger partial charge in [0.25, 0.3) is 0 Å². The molecule has 0 fully saturated rings. The lowest BCUT2D eigenvalue weighted by atomic mass is 9.72. The summed E-state index contributed by atoms with van der Waals surface area (Å²) in [5.74, 6) is -4.46. The molecule has 0 radical (unpaired) electrons. The normalized spacial score (nSPS) is 18.9. The number of phenolic OH excluding ortho intramolecular Hbond substituents is 11. The first-order valence-electron chi connectivity index (χ1n) is 21.8. The minimum absolute atomic E-state index is 0.00936. The zero-order valence-electron chi connectivity index (χ0n) is 35.8. The number of allylic oxidation sites excluding steroid dienone is 2. The number of aromatic hydroxyl groups is 11. The van der Waals surface area contributed by atoms with Gasteiger partial charge in [0.15, 0.2) is 0 Å². The van der Waals surface area contributed by atoms with Gasteiger partial charge in [0.1, 0.15) is 75.1 Å². The molecule has 68 heavy (non-hydrogen) atoms. The van der Waals surface area contributed by atoms with E-state index in [1.54, 1.807) is 60.7 Å². The molecule has 0 saturated heterocycles. The van der Waals surface area contributed by atoms with Crippen LogP contribution in [0.15, 0.2) is 146 Å². The Hall–Kier alpha value is -8.90. The van der Waals surface area contributed by atoms with Crippen molar-refractivity contribution in [1.82, 2.24) is 0 Å². The van der Waals surface area contributed by atoms with Gasteiger partial charge >= 0.3 is 0 Å². The molecule has 0 bridgehead atoms. The highest BCUT2D eigenvalue weighted by Gasteiger charge is 2.48. The van der Waals surface area contributed by atoms with E-state index in [-0.39, 0.29) is 69.7 Å². The van der Waals surface area contributed by atoms with Crippen LogP contribution in [-0.4, -0.2) is 56.2 Å². The number of benzene rings is 8. The van der Waals surface area contributed by atoms with Crippen molar-refractivity contribution in [3.63, 3.8) is 0 Å². The van der Waals surface area contributed by atoms with Gasteiger partial charge in [-0.15, -0.1) is 0 Å². The van der Waals surface area contributed by atoms with Crippen LogP contribution < -0.4 is 4.74 Å². The molecule has 0 spiro atoms. The first-order valence-corrected chi connectivity index (χ1v) is 21.8. The van der Waals surface area contributed by atoms with Gasteiger partial charge in [-0.1, -0.05) is 48.5 Å². The van der Waals surface area contributed by atoms with Crippen LogP contribution in [0.4, 0.5) is 0 Å². The van der Waals surface area contributed by atoms with E-state index in [1.807, 2.05) is 6.07 Å². The molecule has 5 atom stereocenters. The fourth-order valence-electron chi connectivity index (χ4n) is 11.0. The second-order valence-electron chi connectivity index (χ2n) is 17.7. The molecule has 11 rings (SSSR count). The van der Waals surface area contributed by atoms with Gasteiger partial charge in [-0.25, -0.2) is 0 Å². The quantitative estimate of drug-likeness (QED) is 0.0717. The number of rotatable bonds is 7. The predicted octanol–water partition coefficient (Wildman–Crippen LogP) is 10.3. The van der Waals surface area contributed by atoms with Gasteiger partial charge in [-0.3, -0.25) is 0 Å². The molecule has 2 aliphatic carbocycles. The smallest absolute Gasteiger partial charge is 0.135 e. The lowest BCUT2D eigenvalue weighted by Gasteiger charge is -2.31. The van der Waals surface area contributed by atoms with Gasteiger partial charge in [-0.2, -0.15) is 0 Å². The van der Waals surface area contributed by atoms with Crippen LogP contribution in [0, 0.1) is 0 Å². The van der Waals surface area contributed by atoms with Crippen molar-refractivity contribution in [2.75, 3.05) is 0 Å². The Kier molecular flexibility index (Phi) is 9.60. The van der Waals surface area contributed by atoms with Crippen LogP contribution in [0.2, 0.25) is 0 Å². The molecule has 8 aromatic carbocycles. The van der Waals surface area contributed by atoms with E-state index in [2.05, 4.69) is 0 Å². The van der Waals surface area contributed by atoms with Crippen molar-refractivity contribution >= 4 is 11.1 Å². The van der Waals surface area contributed by atoms with E-state index in [4.69, 9.17) is 4.74 Å². The van der Waals surface area contributed by atoms with E-state index in [0.29, 0.717) is 83.7 Å². The molecule has 8 aromatic rings. The molecule has 1 heterocycles. The molecule has 0 unspecified atom stereocenters. The number of hydrogen-bond donors (Lipinski definition) is 11. The summed E-state index contributed by atoms with van der Waals surface area (Å²) in [6, 6.07) is 37.5. The molecule has 12 heteroatoms. The summed E-state index contributed by atoms with van der Waals surface area (Å²) in [7, 11) is 0. The maximum Gasteiger partial charge on any atom is 0.135 e. The number of phenols is 11. The van der Waals surface area contributed by atoms with Gasteiger partial charge in [0.2, 0.25) is 0 Å². The molecule has 338 valence electrons. The van der Waals surface area contributed by atoms with E-state index >= 15 is 0 Å². The van der Waals surface area contributed by atoms with E-state index < -0.39 is 29.8 Å². The number of ether oxygens (including phenoxy) is 1. The van der Waals surface area contributed by atoms with E-state index in [9.17, 15) is 56.2 Å². The molecule has 0 amide bonds. The van der Waals surface area contributed by atoms with Gasteiger partial charge in [0, 0.05) is 64.3 Å². The molecular weight excluding hydrogens is 865 g/mol. The van der Waals surface area contributed by atoms with Crippen LogP contribution in [0.1, 0.15) is 96.5 Å². The second-order valence-corrected chi connectivity index (χ2v) is 17.7. The summed E-state index contributed by atoms with van der Waals surface area (Å²) < 4.78 is 6.69. The van der Waals surface area contributed by atoms with E-state index in [0.717, 1.165) is 0 Å². The Balaban J connectivity index is 1.17. The summed E-state index contributed by atoms with van der Waals surface area (Å²) in [5.41, 5.74) is 7.62. The van der Waals surface area contributed by atoms with Crippen LogP contribution in [0.5, 0.6) is 69.0 Å². The van der Waals surface area contributed by atoms with Crippen molar-refractivity contribution in [2.24, 2.45) is 0 Å². The Morgan fingerprint density at radius 1 is 0.368 bits per heavy atom. The van der Waals surface area contributed by atoms with Crippen molar-refractivity contribution < 1.29 is 60.9 Å². The van der Waals surface area contributed by atoms with Crippen LogP contribution in [0.25, 0.3) is 11.1 Å². The zero-order valence-corrected chi connectivity index (χ0v) is 35.8. The SMILES string of the molecule is Oc1ccc(C2=C(Cc3ccc(O)c([C@H]4c5cc(O)cc6c5[C@@H](c5cc(O)cc(O)c5[C@@H]4c4ccc(O)cc4)[C@@H](c4ccc(O)cc4)O6)c3)c3cc(O)cc(O)c3[C@H]2c2cc(O)cc(O)c2)cc1. The highest BCUT2D eigenvalue weighted by molar-refractivity contribution is 6.03. The molecule has 12 nitrogen and oxygen atoms in total. The molecule has 1 aliphatic heterocycles. The Labute approximate surface area is 388 Å². The Morgan fingerprint density at radius 3 is 1.56 bits per heavy atom. The monoisotopic (exact) mass is 906 g/mol. The third-order valence-electron chi connectivity index (χ3n) is 13.6. The van der Waals surface area contributed by atoms with Crippen molar-refractivity contribution in [3.8, 4) is 69.0 Å². The molecule has 3 aliphatic rings. The lowest BCUT2D eigenvalue weighted by molar-refractivity contribution is 0.221. The van der Waals surface area contributed by atoms with Gasteiger partial charge in [-0.05, 0) is 135 Å². The summed E-state index contributed by atoms with van der Waals surface area (Å²) >= 11 is 0. The molecule has 11 N–H and O–H groups in total. The molecular formula is C56H42O12. The summed E-state index contributed by atoms with van der Waals surface area (Å²) in [4.78, 5) is 0. The Morgan fingerprint density at radius 2 is 0.912 bits per heavy atom. The number of fused-ring (bicyclic) bond motifs is 3. The Bertz CT molecular complexity index is 3360. The van der Waals surface area contributed by atoms with Crippen LogP contribution >= 0.6 is 0 Å². The van der Waals surface area contributed by atoms with Crippen molar-refractivity contribution in [2.45, 2.75) is 36.2 Å². The fourth-order valence-corrected chi connectivity index (χ4v) is 11.0. The first-order chi connectivity index (χ1) is 32.7. The standard InChI is InChI=1S/C56H42O12/c57-31-8-2-27(3-9-31)48-39(40-20-36(62)23-45(66)52(40)50(48)30-17-34(60)19-35(61)18-30)15-26-1-14-44(65)41(16-26)51-42-22-38(64)25-47-54(42)55(56(68-47)29-6-12-33(59)13-7-29)43-21-37(63)24-46(67)53(43)49(51)28-4-10-32(58)11-5-28/h1-14,16-25,49-51,55-67H,15H2/t49-,50+,51+,55-,56-/m1/s1. The largest absolute Gasteiger partial charge is 0.508 e. The van der Waals surface area contributed by atoms with Gasteiger partial charge < -0.3 is 60.9 Å². The van der Waals surface area contributed by atoms with Crippen LogP contribution in [-0.2, 0) is 6.42 Å². The summed E-state index contributed by atoms with van der Waals surface area (Å²) in [5, 5.41) is 122. The third-order valence-corrected chi connectivity index (χ3v) is 13.6. The average molecular weight is 907 g/mol. The highest BCUT2D eigenvalue weighted by atomic mass is 16.5. The van der Waals surface area contributed by atoms with Crippen molar-refractivity contribution in [3.05, 3.63) is 212 Å². The maximum absolute atomic E-state index is 12.2. The van der Waals surface area contributed by atoms with Crippen molar-refractivity contribution in [1.29, 1.82) is 0 Å². The lowest BCUT2D eigenvalue weighted by Crippen LogP contribution is -2.16. The maximum atomic E-state index is 12.2. The third kappa shape index (κ3) is 6.84. The molecule has 0 saturated carbocycles. The van der Waals surface area contributed by atoms with Crippen LogP contribution in [0.3, 0.4) is 0 Å². The topological polar surface area (TPSA) is 232 Å². The minimum atomic E-state index is -0.903. The first kappa shape index (κ1) is 41.8. The average Bonchev–Trinajstić information content (AvgIpc) is 3.79. The highest BCUT2D eigenvalue weighted by Crippen LogP contribution is 2.63. The summed E-state index contributed by atoms with van der Waals surface area (Å²) in [6.07, 6.45) is -0.646. The van der Waals surface area contributed by atoms with E-state index in [1.165, 1.54) is 78.9 Å². The second kappa shape index (κ2) is 15.6. The van der Waals surface area contributed by atoms with Gasteiger partial charge in [0.05, 0.1) is 5.92 Å². The summed E-state index contributed by atoms with van der Waals surface area (Å²) in [6.45, 7) is 0. The molecule has 0 aromatic heterocycles. The predicted molar refractivity (Wildman–Crippen MR) is 251 cm³/mol. The fraction of sp³-hybridized carbons (Fsp3) is 0.107.